The van der Waals surface area contributed by atoms with Crippen LogP contribution in [0.4, 0.5) is 0 Å². The van der Waals surface area contributed by atoms with Crippen LogP contribution < -0.4 is 0 Å². The average Bonchev–Trinajstić information content (AvgIpc) is 3.20. The zero-order valence-electron chi connectivity index (χ0n) is 12.8. The highest BCUT2D eigenvalue weighted by atomic mass is 32.2. The van der Waals surface area contributed by atoms with Crippen LogP contribution >= 0.6 is 24.0 Å². The second kappa shape index (κ2) is 6.79. The smallest absolute Gasteiger partial charge is 0.247 e. The van der Waals surface area contributed by atoms with E-state index in [0.29, 0.717) is 11.8 Å². The third-order valence-electron chi connectivity index (χ3n) is 3.73. The number of aryl methyl sites for hydroxylation is 1. The molecular weight excluding hydrogens is 314 g/mol. The highest BCUT2D eigenvalue weighted by Gasteiger charge is 2.21. The maximum Gasteiger partial charge on any atom is 0.247 e. The van der Waals surface area contributed by atoms with Gasteiger partial charge in [0.25, 0.3) is 0 Å². The minimum atomic E-state index is 0.0693. The lowest BCUT2D eigenvalue weighted by Gasteiger charge is -2.19. The molecule has 0 spiro atoms. The monoisotopic (exact) mass is 333 g/mol. The Morgan fingerprint density at radius 3 is 2.59 bits per heavy atom. The quantitative estimate of drug-likeness (QED) is 0.784. The van der Waals surface area contributed by atoms with Gasteiger partial charge < -0.3 is 9.32 Å². The summed E-state index contributed by atoms with van der Waals surface area (Å²) in [7, 11) is 0. The van der Waals surface area contributed by atoms with E-state index in [9.17, 15) is 0 Å². The highest BCUT2D eigenvalue weighted by Crippen LogP contribution is 2.32. The molecule has 0 N–H and O–H groups in total. The maximum atomic E-state index is 5.81. The van der Waals surface area contributed by atoms with E-state index >= 15 is 0 Å². The zero-order chi connectivity index (χ0) is 15.5. The van der Waals surface area contributed by atoms with E-state index in [0.717, 1.165) is 23.0 Å². The van der Waals surface area contributed by atoms with Gasteiger partial charge in [0.05, 0.1) is 5.25 Å². The van der Waals surface area contributed by atoms with Crippen LogP contribution in [0.3, 0.4) is 0 Å². The van der Waals surface area contributed by atoms with Crippen molar-refractivity contribution in [1.29, 1.82) is 0 Å². The molecule has 2 heterocycles. The fourth-order valence-electron chi connectivity index (χ4n) is 2.39. The summed E-state index contributed by atoms with van der Waals surface area (Å²) in [5.74, 6) is 1.19. The summed E-state index contributed by atoms with van der Waals surface area (Å²) in [6.45, 7) is 6.24. The van der Waals surface area contributed by atoms with E-state index in [1.54, 1.807) is 11.8 Å². The molecule has 1 aliphatic rings. The molecule has 22 heavy (non-hydrogen) atoms. The molecule has 6 heteroatoms. The van der Waals surface area contributed by atoms with Crippen LogP contribution in [-0.2, 0) is 0 Å². The molecule has 4 nitrogen and oxygen atoms in total. The fourth-order valence-corrected chi connectivity index (χ4v) is 3.83. The lowest BCUT2D eigenvalue weighted by Crippen LogP contribution is -2.23. The number of thiocarbonyl (C=S) groups is 1. The van der Waals surface area contributed by atoms with Crippen molar-refractivity contribution in [2.75, 3.05) is 13.1 Å². The molecule has 1 atom stereocenters. The SMILES string of the molecule is Cc1ccc(-c2nnc(C(C)SC(=S)N3CCCC3)o2)cc1. The van der Waals surface area contributed by atoms with Crippen molar-refractivity contribution in [3.63, 3.8) is 0 Å². The van der Waals surface area contributed by atoms with Crippen LogP contribution in [-0.4, -0.2) is 32.5 Å². The number of aromatic nitrogens is 2. The minimum Gasteiger partial charge on any atom is -0.419 e. The molecule has 1 saturated heterocycles. The number of nitrogens with zero attached hydrogens (tertiary/aromatic N) is 3. The molecule has 0 saturated carbocycles. The van der Waals surface area contributed by atoms with E-state index in [4.69, 9.17) is 16.6 Å². The standard InChI is InChI=1S/C16H19N3OS2/c1-11-5-7-13(8-6-11)15-18-17-14(20-15)12(2)22-16(21)19-9-3-4-10-19/h5-8,12H,3-4,9-10H2,1-2H3. The molecule has 0 amide bonds. The number of thioether (sulfide) groups is 1. The Morgan fingerprint density at radius 2 is 1.91 bits per heavy atom. The maximum absolute atomic E-state index is 5.81. The molecule has 0 aliphatic carbocycles. The molecule has 0 radical (unpaired) electrons. The molecule has 2 aromatic rings. The fraction of sp³-hybridized carbons (Fsp3) is 0.438. The van der Waals surface area contributed by atoms with Crippen LogP contribution in [0.5, 0.6) is 0 Å². The van der Waals surface area contributed by atoms with Crippen molar-refractivity contribution in [3.8, 4) is 11.5 Å². The Balaban J connectivity index is 1.67. The summed E-state index contributed by atoms with van der Waals surface area (Å²) in [6.07, 6.45) is 2.46. The van der Waals surface area contributed by atoms with E-state index in [-0.39, 0.29) is 5.25 Å². The Labute approximate surface area is 140 Å². The lowest BCUT2D eigenvalue weighted by molar-refractivity contribution is 0.508. The van der Waals surface area contributed by atoms with Gasteiger partial charge in [-0.1, -0.05) is 41.7 Å². The molecule has 116 valence electrons. The third-order valence-corrected chi connectivity index (χ3v) is 5.29. The third kappa shape index (κ3) is 3.50. The Kier molecular flexibility index (Phi) is 4.78. The van der Waals surface area contributed by atoms with Crippen LogP contribution in [0.25, 0.3) is 11.5 Å². The van der Waals surface area contributed by atoms with Crippen molar-refractivity contribution in [2.45, 2.75) is 31.9 Å². The highest BCUT2D eigenvalue weighted by molar-refractivity contribution is 8.23. The predicted octanol–water partition coefficient (Wildman–Crippen LogP) is 4.22. The van der Waals surface area contributed by atoms with Gasteiger partial charge in [-0.05, 0) is 38.8 Å². The van der Waals surface area contributed by atoms with Gasteiger partial charge in [-0.25, -0.2) is 0 Å². The number of hydrogen-bond acceptors (Lipinski definition) is 5. The average molecular weight is 333 g/mol. The number of benzene rings is 1. The zero-order valence-corrected chi connectivity index (χ0v) is 14.4. The van der Waals surface area contributed by atoms with Gasteiger partial charge >= 0.3 is 0 Å². The lowest BCUT2D eigenvalue weighted by atomic mass is 10.1. The molecular formula is C16H19N3OS2. The van der Waals surface area contributed by atoms with Gasteiger partial charge in [-0.2, -0.15) is 0 Å². The predicted molar refractivity (Wildman–Crippen MR) is 93.9 cm³/mol. The van der Waals surface area contributed by atoms with Gasteiger partial charge in [0.1, 0.15) is 4.32 Å². The molecule has 1 aliphatic heterocycles. The molecule has 0 bridgehead atoms. The number of rotatable bonds is 3. The van der Waals surface area contributed by atoms with Gasteiger partial charge in [0, 0.05) is 18.7 Å². The van der Waals surface area contributed by atoms with Crippen LogP contribution in [0.1, 0.15) is 36.5 Å². The van der Waals surface area contributed by atoms with Crippen molar-refractivity contribution in [2.24, 2.45) is 0 Å². The van der Waals surface area contributed by atoms with Gasteiger partial charge in [-0.3, -0.25) is 0 Å². The first-order valence-electron chi connectivity index (χ1n) is 7.49. The summed E-state index contributed by atoms with van der Waals surface area (Å²) in [6, 6.07) is 8.08. The second-order valence-electron chi connectivity index (χ2n) is 5.53. The summed E-state index contributed by atoms with van der Waals surface area (Å²) in [5.41, 5.74) is 2.16. The first-order valence-corrected chi connectivity index (χ1v) is 8.78. The molecule has 1 aromatic heterocycles. The van der Waals surface area contributed by atoms with E-state index in [1.807, 2.05) is 24.3 Å². The molecule has 1 unspecified atom stereocenters. The first kappa shape index (κ1) is 15.5. The topological polar surface area (TPSA) is 42.2 Å². The largest absolute Gasteiger partial charge is 0.419 e. The molecule has 1 fully saturated rings. The van der Waals surface area contributed by atoms with Gasteiger partial charge in [0.2, 0.25) is 11.8 Å². The summed E-state index contributed by atoms with van der Waals surface area (Å²) < 4.78 is 6.74. The van der Waals surface area contributed by atoms with Gasteiger partial charge in [0.15, 0.2) is 0 Å². The van der Waals surface area contributed by atoms with Crippen LogP contribution in [0.2, 0.25) is 0 Å². The Morgan fingerprint density at radius 1 is 1.23 bits per heavy atom. The second-order valence-corrected chi connectivity index (χ2v) is 7.51. The number of likely N-dealkylation sites (tertiary alicyclic amines) is 1. The van der Waals surface area contributed by atoms with Gasteiger partial charge in [-0.15, -0.1) is 10.2 Å². The summed E-state index contributed by atoms with van der Waals surface area (Å²) in [4.78, 5) is 2.26. The molecule has 1 aromatic carbocycles. The van der Waals surface area contributed by atoms with Crippen molar-refractivity contribution < 1.29 is 4.42 Å². The summed E-state index contributed by atoms with van der Waals surface area (Å²) in [5, 5.41) is 8.40. The van der Waals surface area contributed by atoms with Crippen molar-refractivity contribution in [1.82, 2.24) is 15.1 Å². The molecule has 3 rings (SSSR count). The van der Waals surface area contributed by atoms with E-state index < -0.39 is 0 Å². The summed E-state index contributed by atoms with van der Waals surface area (Å²) >= 11 is 7.13. The van der Waals surface area contributed by atoms with Crippen LogP contribution in [0, 0.1) is 6.92 Å². The van der Waals surface area contributed by atoms with Crippen LogP contribution in [0.15, 0.2) is 28.7 Å². The number of hydrogen-bond donors (Lipinski definition) is 0. The van der Waals surface area contributed by atoms with Crippen molar-refractivity contribution >= 4 is 28.3 Å². The van der Waals surface area contributed by atoms with E-state index in [1.165, 1.54) is 18.4 Å². The Bertz CT molecular complexity index is 648. The first-order chi connectivity index (χ1) is 10.6. The van der Waals surface area contributed by atoms with Crippen molar-refractivity contribution in [3.05, 3.63) is 35.7 Å². The normalized spacial score (nSPS) is 16.0. The van der Waals surface area contributed by atoms with E-state index in [2.05, 4.69) is 28.9 Å². The Hall–Kier alpha value is -1.40. The minimum absolute atomic E-state index is 0.0693.